The number of aliphatic carboxylic acids is 1. The number of benzene rings is 1. The number of carbonyl (C=O) groups is 1. The molecule has 1 atom stereocenters. The zero-order valence-corrected chi connectivity index (χ0v) is 10.5. The molecule has 0 aliphatic heterocycles. The predicted molar refractivity (Wildman–Crippen MR) is 68.5 cm³/mol. The molecule has 1 aromatic carbocycles. The number of hydrogen-bond acceptors (Lipinski definition) is 3. The summed E-state index contributed by atoms with van der Waals surface area (Å²) in [6.45, 7) is 2.15. The molecule has 0 saturated heterocycles. The van der Waals surface area contributed by atoms with Crippen molar-refractivity contribution in [2.45, 2.75) is 38.3 Å². The molecule has 2 N–H and O–H groups in total. The maximum Gasteiger partial charge on any atom is 0.317 e. The lowest BCUT2D eigenvalue weighted by atomic mass is 10.0. The van der Waals surface area contributed by atoms with Gasteiger partial charge in [-0.3, -0.25) is 9.69 Å². The highest BCUT2D eigenvalue weighted by atomic mass is 16.4. The number of rotatable bonds is 6. The topological polar surface area (TPSA) is 60.8 Å². The van der Waals surface area contributed by atoms with Crippen molar-refractivity contribution >= 4 is 5.97 Å². The van der Waals surface area contributed by atoms with Crippen LogP contribution in [-0.4, -0.2) is 33.7 Å². The number of hydrogen-bond donors (Lipinski definition) is 2. The molecule has 0 heterocycles. The molecule has 18 heavy (non-hydrogen) atoms. The Morgan fingerprint density at radius 1 is 1.39 bits per heavy atom. The van der Waals surface area contributed by atoms with Crippen LogP contribution in [0.3, 0.4) is 0 Å². The molecule has 0 spiro atoms. The van der Waals surface area contributed by atoms with E-state index in [9.17, 15) is 9.90 Å². The Bertz CT molecular complexity index is 412. The highest BCUT2D eigenvalue weighted by molar-refractivity contribution is 5.69. The summed E-state index contributed by atoms with van der Waals surface area (Å²) >= 11 is 0. The normalized spacial score (nSPS) is 16.8. The van der Waals surface area contributed by atoms with Gasteiger partial charge in [-0.2, -0.15) is 0 Å². The lowest BCUT2D eigenvalue weighted by molar-refractivity contribution is -0.139. The third-order valence-electron chi connectivity index (χ3n) is 3.40. The maximum atomic E-state index is 11.0. The zero-order chi connectivity index (χ0) is 13.1. The fourth-order valence-electron chi connectivity index (χ4n) is 2.41. The summed E-state index contributed by atoms with van der Waals surface area (Å²) in [6, 6.07) is 7.59. The molecular weight excluding hydrogens is 230 g/mol. The van der Waals surface area contributed by atoms with Crippen molar-refractivity contribution in [2.24, 2.45) is 0 Å². The number of nitrogens with zero attached hydrogens (tertiary/aromatic N) is 1. The lowest BCUT2D eigenvalue weighted by Gasteiger charge is -2.30. The minimum atomic E-state index is -0.779. The van der Waals surface area contributed by atoms with Crippen molar-refractivity contribution in [1.82, 2.24) is 4.90 Å². The number of phenols is 1. The van der Waals surface area contributed by atoms with Gasteiger partial charge in [0.2, 0.25) is 0 Å². The van der Waals surface area contributed by atoms with Gasteiger partial charge in [-0.25, -0.2) is 0 Å². The molecule has 1 unspecified atom stereocenters. The van der Waals surface area contributed by atoms with E-state index in [0.29, 0.717) is 6.04 Å². The van der Waals surface area contributed by atoms with Crippen LogP contribution >= 0.6 is 0 Å². The monoisotopic (exact) mass is 249 g/mol. The second-order valence-corrected chi connectivity index (χ2v) is 4.81. The van der Waals surface area contributed by atoms with Crippen LogP contribution in [0.15, 0.2) is 24.3 Å². The molecular formula is C14H19NO3. The van der Waals surface area contributed by atoms with E-state index >= 15 is 0 Å². The molecule has 98 valence electrons. The molecule has 1 aromatic rings. The molecule has 1 fully saturated rings. The van der Waals surface area contributed by atoms with E-state index in [2.05, 4.69) is 11.8 Å². The third kappa shape index (κ3) is 3.01. The maximum absolute atomic E-state index is 11.0. The molecule has 2 rings (SSSR count). The van der Waals surface area contributed by atoms with Crippen molar-refractivity contribution in [3.63, 3.8) is 0 Å². The van der Waals surface area contributed by atoms with Gasteiger partial charge in [-0.1, -0.05) is 19.1 Å². The van der Waals surface area contributed by atoms with Crippen LogP contribution in [0.4, 0.5) is 0 Å². The van der Waals surface area contributed by atoms with Crippen molar-refractivity contribution < 1.29 is 15.0 Å². The zero-order valence-electron chi connectivity index (χ0n) is 10.5. The average molecular weight is 249 g/mol. The smallest absolute Gasteiger partial charge is 0.317 e. The summed E-state index contributed by atoms with van der Waals surface area (Å²) in [5.74, 6) is -0.538. The lowest BCUT2D eigenvalue weighted by Crippen LogP contribution is -2.35. The molecule has 0 aromatic heterocycles. The van der Waals surface area contributed by atoms with Gasteiger partial charge in [0.15, 0.2) is 0 Å². The summed E-state index contributed by atoms with van der Waals surface area (Å²) in [5, 5.41) is 18.3. The molecule has 1 saturated carbocycles. The average Bonchev–Trinajstić information content (AvgIpc) is 3.14. The molecule has 1 aliphatic rings. The summed E-state index contributed by atoms with van der Waals surface area (Å²) in [6.07, 6.45) is 3.04. The molecule has 1 aliphatic carbocycles. The second-order valence-electron chi connectivity index (χ2n) is 4.81. The van der Waals surface area contributed by atoms with E-state index < -0.39 is 5.97 Å². The first-order chi connectivity index (χ1) is 8.61. The van der Waals surface area contributed by atoms with Gasteiger partial charge in [0.1, 0.15) is 5.75 Å². The van der Waals surface area contributed by atoms with Gasteiger partial charge in [-0.15, -0.1) is 0 Å². The van der Waals surface area contributed by atoms with Gasteiger partial charge < -0.3 is 10.2 Å². The molecule has 0 bridgehead atoms. The van der Waals surface area contributed by atoms with Crippen LogP contribution in [0.1, 0.15) is 37.8 Å². The third-order valence-corrected chi connectivity index (χ3v) is 3.40. The first-order valence-corrected chi connectivity index (χ1v) is 6.38. The SMILES string of the molecule is CCC(c1ccc(O)cc1)N(CC(=O)O)C1CC1. The van der Waals surface area contributed by atoms with E-state index in [1.165, 1.54) is 0 Å². The van der Waals surface area contributed by atoms with Crippen LogP contribution in [-0.2, 0) is 4.79 Å². The largest absolute Gasteiger partial charge is 0.508 e. The van der Waals surface area contributed by atoms with Crippen molar-refractivity contribution in [1.29, 1.82) is 0 Å². The number of phenolic OH excluding ortho intramolecular Hbond substituents is 1. The van der Waals surface area contributed by atoms with Crippen LogP contribution in [0.25, 0.3) is 0 Å². The van der Waals surface area contributed by atoms with Gasteiger partial charge in [0.25, 0.3) is 0 Å². The van der Waals surface area contributed by atoms with E-state index in [4.69, 9.17) is 5.11 Å². The van der Waals surface area contributed by atoms with Gasteiger partial charge in [0, 0.05) is 12.1 Å². The fourth-order valence-corrected chi connectivity index (χ4v) is 2.41. The second kappa shape index (κ2) is 5.40. The van der Waals surface area contributed by atoms with Crippen molar-refractivity contribution in [2.75, 3.05) is 6.54 Å². The first kappa shape index (κ1) is 12.9. The summed E-state index contributed by atoms with van der Waals surface area (Å²) in [7, 11) is 0. The Balaban J connectivity index is 2.18. The Hall–Kier alpha value is -1.55. The summed E-state index contributed by atoms with van der Waals surface area (Å²) in [5.41, 5.74) is 1.07. The Morgan fingerprint density at radius 3 is 2.44 bits per heavy atom. The number of aromatic hydroxyl groups is 1. The Morgan fingerprint density at radius 2 is 2.00 bits per heavy atom. The van der Waals surface area contributed by atoms with Crippen LogP contribution in [0, 0.1) is 0 Å². The quantitative estimate of drug-likeness (QED) is 0.812. The fraction of sp³-hybridized carbons (Fsp3) is 0.500. The minimum Gasteiger partial charge on any atom is -0.508 e. The van der Waals surface area contributed by atoms with Gasteiger partial charge in [0.05, 0.1) is 6.54 Å². The molecule has 0 amide bonds. The predicted octanol–water partition coefficient (Wildman–Crippen LogP) is 2.39. The van der Waals surface area contributed by atoms with Crippen LogP contribution in [0.2, 0.25) is 0 Å². The van der Waals surface area contributed by atoms with Gasteiger partial charge >= 0.3 is 5.97 Å². The van der Waals surface area contributed by atoms with E-state index in [-0.39, 0.29) is 18.3 Å². The Kier molecular flexibility index (Phi) is 3.87. The van der Waals surface area contributed by atoms with Crippen LogP contribution in [0.5, 0.6) is 5.75 Å². The molecule has 4 nitrogen and oxygen atoms in total. The molecule has 0 radical (unpaired) electrons. The molecule has 4 heteroatoms. The summed E-state index contributed by atoms with van der Waals surface area (Å²) < 4.78 is 0. The Labute approximate surface area is 107 Å². The number of carboxylic acid groups (broad SMARTS) is 1. The first-order valence-electron chi connectivity index (χ1n) is 6.38. The van der Waals surface area contributed by atoms with E-state index in [1.807, 2.05) is 12.1 Å². The minimum absolute atomic E-state index is 0.0874. The standard InChI is InChI=1S/C14H19NO3/c1-2-13(10-3-7-12(16)8-4-10)15(9-14(17)18)11-5-6-11/h3-4,7-8,11,13,16H,2,5-6,9H2,1H3,(H,17,18). The van der Waals surface area contributed by atoms with E-state index in [1.54, 1.807) is 12.1 Å². The highest BCUT2D eigenvalue weighted by Crippen LogP contribution is 2.36. The van der Waals surface area contributed by atoms with E-state index in [0.717, 1.165) is 24.8 Å². The van der Waals surface area contributed by atoms with Crippen LogP contribution < -0.4 is 0 Å². The van der Waals surface area contributed by atoms with Gasteiger partial charge in [-0.05, 0) is 37.0 Å². The number of carboxylic acids is 1. The van der Waals surface area contributed by atoms with Crippen molar-refractivity contribution in [3.05, 3.63) is 29.8 Å². The summed E-state index contributed by atoms with van der Waals surface area (Å²) in [4.78, 5) is 13.0. The highest BCUT2D eigenvalue weighted by Gasteiger charge is 2.35. The van der Waals surface area contributed by atoms with Crippen molar-refractivity contribution in [3.8, 4) is 5.75 Å².